The molecule has 82 valence electrons. The van der Waals surface area contributed by atoms with Crippen molar-refractivity contribution in [3.63, 3.8) is 0 Å². The van der Waals surface area contributed by atoms with Crippen LogP contribution in [-0.4, -0.2) is 17.8 Å². The normalized spacial score (nSPS) is 17.5. The molecule has 1 aromatic carbocycles. The molecule has 0 bridgehead atoms. The van der Waals surface area contributed by atoms with Gasteiger partial charge >= 0.3 is 0 Å². The fourth-order valence-electron chi connectivity index (χ4n) is 1.66. The van der Waals surface area contributed by atoms with Crippen molar-refractivity contribution >= 4 is 11.4 Å². The van der Waals surface area contributed by atoms with Gasteiger partial charge in [0.1, 0.15) is 0 Å². The van der Waals surface area contributed by atoms with Crippen LogP contribution in [0.5, 0.6) is 0 Å². The average molecular weight is 206 g/mol. The molecule has 3 heteroatoms. The Kier molecular flexibility index (Phi) is 2.82. The molecule has 1 fully saturated rings. The summed E-state index contributed by atoms with van der Waals surface area (Å²) >= 11 is 0. The summed E-state index contributed by atoms with van der Waals surface area (Å²) in [6, 6.07) is 5.85. The molecule has 1 aliphatic carbocycles. The van der Waals surface area contributed by atoms with Crippen molar-refractivity contribution < 1.29 is 5.11 Å². The molecule has 0 spiro atoms. The summed E-state index contributed by atoms with van der Waals surface area (Å²) in [6.07, 6.45) is 2.13. The SMILES string of the molecule is Cc1cc(NCC(O)C2CC2)ccc1N. The monoisotopic (exact) mass is 206 g/mol. The van der Waals surface area contributed by atoms with Gasteiger partial charge in [0.05, 0.1) is 6.10 Å². The summed E-state index contributed by atoms with van der Waals surface area (Å²) in [6.45, 7) is 2.62. The lowest BCUT2D eigenvalue weighted by atomic mass is 10.1. The number of benzene rings is 1. The van der Waals surface area contributed by atoms with Gasteiger partial charge in [-0.05, 0) is 49.4 Å². The standard InChI is InChI=1S/C12H18N2O/c1-8-6-10(4-5-11(8)13)14-7-12(15)9-2-3-9/h4-6,9,12,14-15H,2-3,7,13H2,1H3. The van der Waals surface area contributed by atoms with E-state index in [1.807, 2.05) is 25.1 Å². The Morgan fingerprint density at radius 2 is 2.27 bits per heavy atom. The molecule has 3 nitrogen and oxygen atoms in total. The van der Waals surface area contributed by atoms with Gasteiger partial charge in [-0.25, -0.2) is 0 Å². The van der Waals surface area contributed by atoms with Gasteiger partial charge in [0, 0.05) is 17.9 Å². The molecule has 1 aliphatic rings. The fourth-order valence-corrected chi connectivity index (χ4v) is 1.66. The topological polar surface area (TPSA) is 58.3 Å². The van der Waals surface area contributed by atoms with Crippen LogP contribution in [0.1, 0.15) is 18.4 Å². The molecule has 2 rings (SSSR count). The minimum Gasteiger partial charge on any atom is -0.399 e. The Morgan fingerprint density at radius 1 is 1.53 bits per heavy atom. The fraction of sp³-hybridized carbons (Fsp3) is 0.500. The van der Waals surface area contributed by atoms with E-state index in [0.29, 0.717) is 12.5 Å². The van der Waals surface area contributed by atoms with E-state index in [2.05, 4.69) is 5.32 Å². The molecular weight excluding hydrogens is 188 g/mol. The zero-order valence-corrected chi connectivity index (χ0v) is 9.03. The minimum atomic E-state index is -0.206. The summed E-state index contributed by atoms with van der Waals surface area (Å²) in [5.41, 5.74) is 8.63. The summed E-state index contributed by atoms with van der Waals surface area (Å²) < 4.78 is 0. The second kappa shape index (κ2) is 4.11. The average Bonchev–Trinajstić information content (AvgIpc) is 3.03. The lowest BCUT2D eigenvalue weighted by Crippen LogP contribution is -2.21. The first-order valence-electron chi connectivity index (χ1n) is 5.45. The van der Waals surface area contributed by atoms with Gasteiger partial charge in [0.25, 0.3) is 0 Å². The van der Waals surface area contributed by atoms with Crippen molar-refractivity contribution in [1.29, 1.82) is 0 Å². The minimum absolute atomic E-state index is 0.206. The van der Waals surface area contributed by atoms with Crippen molar-refractivity contribution in [2.24, 2.45) is 5.92 Å². The van der Waals surface area contributed by atoms with Crippen molar-refractivity contribution in [1.82, 2.24) is 0 Å². The number of nitrogens with two attached hydrogens (primary N) is 1. The van der Waals surface area contributed by atoms with Crippen molar-refractivity contribution in [2.75, 3.05) is 17.6 Å². The van der Waals surface area contributed by atoms with Gasteiger partial charge in [0.2, 0.25) is 0 Å². The van der Waals surface area contributed by atoms with Gasteiger partial charge in [-0.15, -0.1) is 0 Å². The highest BCUT2D eigenvalue weighted by molar-refractivity contribution is 5.56. The van der Waals surface area contributed by atoms with E-state index >= 15 is 0 Å². The third kappa shape index (κ3) is 2.63. The number of rotatable bonds is 4. The quantitative estimate of drug-likeness (QED) is 0.658. The Labute approximate surface area is 90.3 Å². The summed E-state index contributed by atoms with van der Waals surface area (Å²) in [7, 11) is 0. The summed E-state index contributed by atoms with van der Waals surface area (Å²) in [5.74, 6) is 0.521. The zero-order valence-electron chi connectivity index (χ0n) is 9.03. The highest BCUT2D eigenvalue weighted by Crippen LogP contribution is 2.32. The molecule has 0 aliphatic heterocycles. The molecule has 0 saturated heterocycles. The van der Waals surface area contributed by atoms with E-state index in [-0.39, 0.29) is 6.10 Å². The van der Waals surface area contributed by atoms with Crippen LogP contribution in [0.25, 0.3) is 0 Å². The van der Waals surface area contributed by atoms with Crippen LogP contribution >= 0.6 is 0 Å². The van der Waals surface area contributed by atoms with E-state index in [9.17, 15) is 5.11 Å². The maximum Gasteiger partial charge on any atom is 0.0740 e. The maximum absolute atomic E-state index is 9.69. The first-order valence-corrected chi connectivity index (χ1v) is 5.45. The van der Waals surface area contributed by atoms with Crippen LogP contribution in [0, 0.1) is 12.8 Å². The Morgan fingerprint density at radius 3 is 2.87 bits per heavy atom. The highest BCUT2D eigenvalue weighted by atomic mass is 16.3. The predicted molar refractivity (Wildman–Crippen MR) is 62.8 cm³/mol. The van der Waals surface area contributed by atoms with Crippen LogP contribution in [-0.2, 0) is 0 Å². The third-order valence-electron chi connectivity index (χ3n) is 2.95. The maximum atomic E-state index is 9.69. The molecule has 1 atom stereocenters. The predicted octanol–water partition coefficient (Wildman–Crippen LogP) is 1.76. The molecule has 0 radical (unpaired) electrons. The van der Waals surface area contributed by atoms with Gasteiger partial charge in [-0.2, -0.15) is 0 Å². The molecule has 1 saturated carbocycles. The lowest BCUT2D eigenvalue weighted by Gasteiger charge is -2.12. The van der Waals surface area contributed by atoms with Gasteiger partial charge in [-0.3, -0.25) is 0 Å². The summed E-state index contributed by atoms with van der Waals surface area (Å²) in [5, 5.41) is 12.9. The van der Waals surface area contributed by atoms with Crippen LogP contribution in [0.15, 0.2) is 18.2 Å². The number of hydrogen-bond acceptors (Lipinski definition) is 3. The molecule has 4 N–H and O–H groups in total. The molecular formula is C12H18N2O. The molecule has 1 unspecified atom stereocenters. The van der Waals surface area contributed by atoms with E-state index < -0.39 is 0 Å². The Hall–Kier alpha value is -1.22. The smallest absolute Gasteiger partial charge is 0.0740 e. The van der Waals surface area contributed by atoms with Crippen LogP contribution in [0.2, 0.25) is 0 Å². The number of nitrogen functional groups attached to an aromatic ring is 1. The molecule has 0 amide bonds. The van der Waals surface area contributed by atoms with Gasteiger partial charge in [-0.1, -0.05) is 0 Å². The first kappa shape index (κ1) is 10.3. The second-order valence-corrected chi connectivity index (χ2v) is 4.36. The van der Waals surface area contributed by atoms with E-state index in [1.165, 1.54) is 12.8 Å². The van der Waals surface area contributed by atoms with E-state index in [0.717, 1.165) is 16.9 Å². The number of aryl methyl sites for hydroxylation is 1. The van der Waals surface area contributed by atoms with Crippen molar-refractivity contribution in [3.05, 3.63) is 23.8 Å². The Bertz CT molecular complexity index is 347. The summed E-state index contributed by atoms with van der Waals surface area (Å²) in [4.78, 5) is 0. The third-order valence-corrected chi connectivity index (χ3v) is 2.95. The number of aliphatic hydroxyl groups excluding tert-OH is 1. The lowest BCUT2D eigenvalue weighted by molar-refractivity contribution is 0.164. The van der Waals surface area contributed by atoms with Crippen LogP contribution < -0.4 is 11.1 Å². The largest absolute Gasteiger partial charge is 0.399 e. The Balaban J connectivity index is 1.89. The molecule has 0 heterocycles. The highest BCUT2D eigenvalue weighted by Gasteiger charge is 2.29. The van der Waals surface area contributed by atoms with Crippen LogP contribution in [0.4, 0.5) is 11.4 Å². The molecule has 15 heavy (non-hydrogen) atoms. The molecule has 0 aromatic heterocycles. The number of hydrogen-bond donors (Lipinski definition) is 3. The molecule has 1 aromatic rings. The number of nitrogens with one attached hydrogen (secondary N) is 1. The second-order valence-electron chi connectivity index (χ2n) is 4.36. The van der Waals surface area contributed by atoms with Crippen LogP contribution in [0.3, 0.4) is 0 Å². The van der Waals surface area contributed by atoms with E-state index in [1.54, 1.807) is 0 Å². The van der Waals surface area contributed by atoms with Crippen molar-refractivity contribution in [3.8, 4) is 0 Å². The van der Waals surface area contributed by atoms with E-state index in [4.69, 9.17) is 5.73 Å². The number of aliphatic hydroxyl groups is 1. The zero-order chi connectivity index (χ0) is 10.8. The van der Waals surface area contributed by atoms with Gasteiger partial charge < -0.3 is 16.2 Å². The van der Waals surface area contributed by atoms with Crippen molar-refractivity contribution in [2.45, 2.75) is 25.9 Å². The van der Waals surface area contributed by atoms with Gasteiger partial charge in [0.15, 0.2) is 0 Å². The first-order chi connectivity index (χ1) is 7.16. The number of anilines is 2.